The van der Waals surface area contributed by atoms with Crippen molar-refractivity contribution in [3.8, 4) is 11.3 Å². The predicted molar refractivity (Wildman–Crippen MR) is 94.6 cm³/mol. The van der Waals surface area contributed by atoms with Crippen molar-refractivity contribution in [3.63, 3.8) is 0 Å². The molecule has 0 radical (unpaired) electrons. The number of nitrogens with one attached hydrogen (secondary N) is 1. The fraction of sp³-hybridized carbons (Fsp3) is 0. The van der Waals surface area contributed by atoms with Crippen molar-refractivity contribution in [3.05, 3.63) is 84.4 Å². The third-order valence-corrected chi connectivity index (χ3v) is 3.94. The van der Waals surface area contributed by atoms with Crippen molar-refractivity contribution >= 4 is 22.3 Å². The number of aromatic nitrogens is 2. The van der Waals surface area contributed by atoms with E-state index in [4.69, 9.17) is 0 Å². The highest BCUT2D eigenvalue weighted by atomic mass is 19.2. The van der Waals surface area contributed by atoms with Gasteiger partial charge < -0.3 is 5.32 Å². The van der Waals surface area contributed by atoms with Crippen LogP contribution in [0, 0.1) is 17.5 Å². The molecule has 0 saturated carbocycles. The van der Waals surface area contributed by atoms with Crippen molar-refractivity contribution in [2.45, 2.75) is 0 Å². The molecule has 2 aromatic heterocycles. The highest BCUT2D eigenvalue weighted by molar-refractivity contribution is 5.95. The third-order valence-electron chi connectivity index (χ3n) is 3.94. The van der Waals surface area contributed by atoms with Gasteiger partial charge in [-0.3, -0.25) is 4.98 Å². The van der Waals surface area contributed by atoms with Crippen LogP contribution >= 0.6 is 0 Å². The molecule has 0 amide bonds. The Morgan fingerprint density at radius 2 is 1.62 bits per heavy atom. The van der Waals surface area contributed by atoms with Gasteiger partial charge in [0.15, 0.2) is 17.5 Å². The zero-order valence-electron chi connectivity index (χ0n) is 13.4. The van der Waals surface area contributed by atoms with Gasteiger partial charge in [-0.1, -0.05) is 18.2 Å². The number of nitrogens with zero attached hydrogens (tertiary/aromatic N) is 2. The molecule has 4 rings (SSSR count). The largest absolute Gasteiger partial charge is 0.355 e. The van der Waals surface area contributed by atoms with Crippen LogP contribution in [0.3, 0.4) is 0 Å². The quantitative estimate of drug-likeness (QED) is 0.498. The maximum absolute atomic E-state index is 13.5. The van der Waals surface area contributed by atoms with E-state index in [2.05, 4.69) is 15.3 Å². The van der Waals surface area contributed by atoms with Gasteiger partial charge in [-0.25, -0.2) is 18.2 Å². The van der Waals surface area contributed by atoms with Crippen molar-refractivity contribution < 1.29 is 13.2 Å². The van der Waals surface area contributed by atoms with Crippen LogP contribution in [0.25, 0.3) is 22.2 Å². The summed E-state index contributed by atoms with van der Waals surface area (Å²) in [5.41, 5.74) is 2.87. The molecule has 0 unspecified atom stereocenters. The van der Waals surface area contributed by atoms with E-state index in [9.17, 15) is 13.2 Å². The first kappa shape index (κ1) is 16.1. The first-order valence-electron chi connectivity index (χ1n) is 7.83. The summed E-state index contributed by atoms with van der Waals surface area (Å²) in [6.45, 7) is 0. The van der Waals surface area contributed by atoms with E-state index in [1.165, 1.54) is 0 Å². The smallest absolute Gasteiger partial charge is 0.194 e. The molecule has 0 atom stereocenters. The minimum Gasteiger partial charge on any atom is -0.355 e. The van der Waals surface area contributed by atoms with Crippen LogP contribution in [0.15, 0.2) is 67.0 Å². The molecule has 0 aliphatic carbocycles. The first-order chi connectivity index (χ1) is 12.6. The summed E-state index contributed by atoms with van der Waals surface area (Å²) in [4.78, 5) is 8.70. The Balaban J connectivity index is 1.86. The van der Waals surface area contributed by atoms with Gasteiger partial charge in [-0.15, -0.1) is 0 Å². The first-order valence-corrected chi connectivity index (χ1v) is 7.83. The Bertz CT molecular complexity index is 1070. The molecule has 1 N–H and O–H groups in total. The number of para-hydroxylation sites is 1. The van der Waals surface area contributed by atoms with Gasteiger partial charge >= 0.3 is 0 Å². The van der Waals surface area contributed by atoms with Crippen LogP contribution in [-0.2, 0) is 0 Å². The molecular formula is C20H12F3N3. The Morgan fingerprint density at radius 3 is 2.35 bits per heavy atom. The molecule has 128 valence electrons. The topological polar surface area (TPSA) is 37.8 Å². The Labute approximate surface area is 147 Å². The third kappa shape index (κ3) is 2.97. The van der Waals surface area contributed by atoms with E-state index in [0.29, 0.717) is 16.9 Å². The van der Waals surface area contributed by atoms with Crippen molar-refractivity contribution in [2.24, 2.45) is 0 Å². The number of pyridine rings is 2. The molecule has 6 heteroatoms. The van der Waals surface area contributed by atoms with Crippen molar-refractivity contribution in [1.82, 2.24) is 9.97 Å². The average molecular weight is 351 g/mol. The molecule has 0 bridgehead atoms. The normalized spacial score (nSPS) is 10.9. The van der Waals surface area contributed by atoms with Crippen molar-refractivity contribution in [1.29, 1.82) is 0 Å². The SMILES string of the molecule is Fc1cc(Nc2cc(-c3cccnc3)nc3ccccc23)cc(F)c1F. The monoisotopic (exact) mass is 351 g/mol. The fourth-order valence-corrected chi connectivity index (χ4v) is 2.72. The highest BCUT2D eigenvalue weighted by Gasteiger charge is 2.13. The summed E-state index contributed by atoms with van der Waals surface area (Å²) in [5, 5.41) is 3.73. The molecule has 4 aromatic rings. The van der Waals surface area contributed by atoms with E-state index in [1.54, 1.807) is 24.5 Å². The van der Waals surface area contributed by atoms with E-state index in [0.717, 1.165) is 23.1 Å². The molecule has 0 aliphatic heterocycles. The summed E-state index contributed by atoms with van der Waals surface area (Å²) in [6, 6.07) is 14.6. The minimum atomic E-state index is -1.49. The summed E-state index contributed by atoms with van der Waals surface area (Å²) >= 11 is 0. The molecule has 0 fully saturated rings. The zero-order chi connectivity index (χ0) is 18.1. The molecule has 0 aliphatic rings. The van der Waals surface area contributed by atoms with Gasteiger partial charge in [-0.05, 0) is 24.3 Å². The summed E-state index contributed by atoms with van der Waals surface area (Å²) < 4.78 is 40.2. The van der Waals surface area contributed by atoms with Crippen LogP contribution in [0.2, 0.25) is 0 Å². The lowest BCUT2D eigenvalue weighted by Gasteiger charge is -2.12. The number of halogens is 3. The minimum absolute atomic E-state index is 0.106. The fourth-order valence-electron chi connectivity index (χ4n) is 2.72. The highest BCUT2D eigenvalue weighted by Crippen LogP contribution is 2.31. The standard InChI is InChI=1S/C20H12F3N3/c21-15-8-13(9-16(22)20(15)23)25-19-10-18(12-4-3-7-24-11-12)26-17-6-2-1-5-14(17)19/h1-11H,(H,25,26). The predicted octanol–water partition coefficient (Wildman–Crippen LogP) is 5.46. The van der Waals surface area contributed by atoms with Crippen LogP contribution in [0.4, 0.5) is 24.5 Å². The van der Waals surface area contributed by atoms with Gasteiger partial charge in [0, 0.05) is 41.2 Å². The Kier molecular flexibility index (Phi) is 4.01. The van der Waals surface area contributed by atoms with E-state index in [1.807, 2.05) is 30.3 Å². The molecule has 2 aromatic carbocycles. The summed E-state index contributed by atoms with van der Waals surface area (Å²) in [7, 11) is 0. The van der Waals surface area contributed by atoms with Gasteiger partial charge in [0.25, 0.3) is 0 Å². The number of anilines is 2. The van der Waals surface area contributed by atoms with Gasteiger partial charge in [0.05, 0.1) is 16.9 Å². The molecule has 3 nitrogen and oxygen atoms in total. The van der Waals surface area contributed by atoms with E-state index in [-0.39, 0.29) is 5.69 Å². The Morgan fingerprint density at radius 1 is 0.846 bits per heavy atom. The lowest BCUT2D eigenvalue weighted by molar-refractivity contribution is 0.448. The van der Waals surface area contributed by atoms with Crippen LogP contribution in [0.5, 0.6) is 0 Å². The van der Waals surface area contributed by atoms with E-state index >= 15 is 0 Å². The van der Waals surface area contributed by atoms with Gasteiger partial charge in [0.2, 0.25) is 0 Å². The number of fused-ring (bicyclic) bond motifs is 1. The second-order valence-electron chi connectivity index (χ2n) is 5.69. The second kappa shape index (κ2) is 6.48. The molecule has 0 saturated heterocycles. The van der Waals surface area contributed by atoms with Gasteiger partial charge in [0.1, 0.15) is 0 Å². The molecule has 26 heavy (non-hydrogen) atoms. The number of benzene rings is 2. The van der Waals surface area contributed by atoms with Crippen LogP contribution < -0.4 is 5.32 Å². The summed E-state index contributed by atoms with van der Waals surface area (Å²) in [5.74, 6) is -4.00. The van der Waals surface area contributed by atoms with Gasteiger partial charge in [-0.2, -0.15) is 0 Å². The van der Waals surface area contributed by atoms with Crippen LogP contribution in [-0.4, -0.2) is 9.97 Å². The maximum Gasteiger partial charge on any atom is 0.194 e. The molecule has 2 heterocycles. The van der Waals surface area contributed by atoms with Crippen LogP contribution in [0.1, 0.15) is 0 Å². The molecular weight excluding hydrogens is 339 g/mol. The lowest BCUT2D eigenvalue weighted by Crippen LogP contribution is -1.98. The number of hydrogen-bond donors (Lipinski definition) is 1. The number of rotatable bonds is 3. The maximum atomic E-state index is 13.5. The molecule has 0 spiro atoms. The zero-order valence-corrected chi connectivity index (χ0v) is 13.4. The summed E-state index contributed by atoms with van der Waals surface area (Å²) in [6.07, 6.45) is 3.34. The lowest BCUT2D eigenvalue weighted by atomic mass is 10.1. The van der Waals surface area contributed by atoms with Crippen molar-refractivity contribution in [2.75, 3.05) is 5.32 Å². The number of hydrogen-bond acceptors (Lipinski definition) is 3. The second-order valence-corrected chi connectivity index (χ2v) is 5.69. The Hall–Kier alpha value is -3.41. The van der Waals surface area contributed by atoms with E-state index < -0.39 is 17.5 Å². The average Bonchev–Trinajstić information content (AvgIpc) is 2.66.